The predicted octanol–water partition coefficient (Wildman–Crippen LogP) is 4.18. The largest absolute Gasteiger partial charge is 0.309 e. The average molecular weight is 317 g/mol. The highest BCUT2D eigenvalue weighted by Crippen LogP contribution is 2.54. The van der Waals surface area contributed by atoms with Gasteiger partial charge in [0.1, 0.15) is 0 Å². The van der Waals surface area contributed by atoms with E-state index in [1.54, 1.807) is 0 Å². The Morgan fingerprint density at radius 2 is 1.43 bits per heavy atom. The van der Waals surface area contributed by atoms with Gasteiger partial charge in [0.25, 0.3) is 0 Å². The molecule has 4 rings (SSSR count). The number of nitrogens with zero attached hydrogens (tertiary/aromatic N) is 2. The Kier molecular flexibility index (Phi) is 4.83. The average Bonchev–Trinajstić information content (AvgIpc) is 2.99. The van der Waals surface area contributed by atoms with Crippen molar-refractivity contribution >= 4 is 0 Å². The fraction of sp³-hybridized carbons (Fsp3) is 0.905. The molecule has 2 heteroatoms. The smallest absolute Gasteiger partial charge is 0.00189 e. The van der Waals surface area contributed by atoms with E-state index in [-0.39, 0.29) is 0 Å². The van der Waals surface area contributed by atoms with Crippen LogP contribution in [-0.4, -0.2) is 50.1 Å². The summed E-state index contributed by atoms with van der Waals surface area (Å²) in [5.41, 5.74) is 3.97. The van der Waals surface area contributed by atoms with Gasteiger partial charge in [-0.1, -0.05) is 24.0 Å². The molecule has 3 aliphatic carbocycles. The highest BCUT2D eigenvalue weighted by Gasteiger charge is 2.48. The fourth-order valence-electron chi connectivity index (χ4n) is 6.41. The Hall–Kier alpha value is -0.340. The zero-order valence-electron chi connectivity index (χ0n) is 15.4. The highest BCUT2D eigenvalue weighted by atomic mass is 15.2. The van der Waals surface area contributed by atoms with Gasteiger partial charge in [0.15, 0.2) is 0 Å². The molecule has 1 heterocycles. The van der Waals surface area contributed by atoms with Crippen molar-refractivity contribution in [3.8, 4) is 0 Å². The molecule has 23 heavy (non-hydrogen) atoms. The molecule has 0 radical (unpaired) electrons. The normalized spacial score (nSPS) is 37.7. The number of rotatable bonds is 4. The Bertz CT molecular complexity index is 419. The number of hydrogen-bond donors (Lipinski definition) is 0. The fourth-order valence-corrected chi connectivity index (χ4v) is 6.41. The van der Waals surface area contributed by atoms with Crippen LogP contribution in [0.5, 0.6) is 0 Å². The van der Waals surface area contributed by atoms with E-state index in [1.165, 1.54) is 84.0 Å². The summed E-state index contributed by atoms with van der Waals surface area (Å²) in [4.78, 5) is 5.17. The molecule has 0 bridgehead atoms. The van der Waals surface area contributed by atoms with Gasteiger partial charge in [-0.25, -0.2) is 0 Å². The van der Waals surface area contributed by atoms with Gasteiger partial charge in [-0.15, -0.1) is 0 Å². The van der Waals surface area contributed by atoms with E-state index < -0.39 is 0 Å². The maximum absolute atomic E-state index is 2.84. The molecule has 0 N–H and O–H groups in total. The second-order valence-corrected chi connectivity index (χ2v) is 9.00. The molecule has 0 aromatic rings. The van der Waals surface area contributed by atoms with Crippen LogP contribution in [0.15, 0.2) is 11.1 Å². The van der Waals surface area contributed by atoms with Crippen LogP contribution in [0.4, 0.5) is 0 Å². The maximum Gasteiger partial charge on any atom is 0.00189 e. The van der Waals surface area contributed by atoms with Crippen molar-refractivity contribution in [1.29, 1.82) is 0 Å². The summed E-state index contributed by atoms with van der Waals surface area (Å²) < 4.78 is 0. The number of fused-ring (bicyclic) bond motifs is 5. The summed E-state index contributed by atoms with van der Waals surface area (Å²) in [6, 6.07) is 0. The first-order valence-corrected chi connectivity index (χ1v) is 10.3. The minimum absolute atomic E-state index is 0.983. The lowest BCUT2D eigenvalue weighted by molar-refractivity contribution is 0.174. The lowest BCUT2D eigenvalue weighted by Crippen LogP contribution is -2.38. The Balaban J connectivity index is 1.49. The van der Waals surface area contributed by atoms with Crippen molar-refractivity contribution in [2.75, 3.05) is 40.3 Å². The van der Waals surface area contributed by atoms with Crippen molar-refractivity contribution in [2.24, 2.45) is 23.7 Å². The summed E-state index contributed by atoms with van der Waals surface area (Å²) in [5, 5.41) is 0. The van der Waals surface area contributed by atoms with Gasteiger partial charge in [-0.2, -0.15) is 0 Å². The molecule has 0 aromatic carbocycles. The second kappa shape index (κ2) is 6.88. The van der Waals surface area contributed by atoms with Crippen LogP contribution < -0.4 is 0 Å². The lowest BCUT2D eigenvalue weighted by Gasteiger charge is -2.46. The zero-order valence-corrected chi connectivity index (χ0v) is 15.4. The van der Waals surface area contributed by atoms with Gasteiger partial charge in [0.05, 0.1) is 0 Å². The molecule has 1 aliphatic heterocycles. The van der Waals surface area contributed by atoms with Gasteiger partial charge in [-0.3, -0.25) is 0 Å². The molecule has 3 fully saturated rings. The lowest BCUT2D eigenvalue weighted by atomic mass is 9.58. The van der Waals surface area contributed by atoms with Crippen molar-refractivity contribution in [3.63, 3.8) is 0 Å². The van der Waals surface area contributed by atoms with Crippen molar-refractivity contribution in [3.05, 3.63) is 11.1 Å². The topological polar surface area (TPSA) is 6.48 Å². The van der Waals surface area contributed by atoms with E-state index in [0.29, 0.717) is 0 Å². The molecule has 0 unspecified atom stereocenters. The molecular formula is C21H36N2. The summed E-state index contributed by atoms with van der Waals surface area (Å²) in [5.74, 6) is 3.99. The summed E-state index contributed by atoms with van der Waals surface area (Å²) in [6.45, 7) is 5.40. The minimum Gasteiger partial charge on any atom is -0.309 e. The van der Waals surface area contributed by atoms with Crippen LogP contribution >= 0.6 is 0 Å². The van der Waals surface area contributed by atoms with Crippen LogP contribution in [0.2, 0.25) is 0 Å². The predicted molar refractivity (Wildman–Crippen MR) is 97.5 cm³/mol. The molecule has 0 amide bonds. The molecule has 1 saturated heterocycles. The van der Waals surface area contributed by atoms with E-state index in [0.717, 1.165) is 23.7 Å². The first-order valence-electron chi connectivity index (χ1n) is 10.3. The molecular weight excluding hydrogens is 280 g/mol. The molecule has 0 aromatic heterocycles. The monoisotopic (exact) mass is 316 g/mol. The van der Waals surface area contributed by atoms with E-state index in [2.05, 4.69) is 23.9 Å². The van der Waals surface area contributed by atoms with Crippen LogP contribution in [0.25, 0.3) is 0 Å². The zero-order chi connectivity index (χ0) is 15.8. The van der Waals surface area contributed by atoms with E-state index >= 15 is 0 Å². The summed E-state index contributed by atoms with van der Waals surface area (Å²) in [6.07, 6.45) is 13.2. The van der Waals surface area contributed by atoms with Gasteiger partial charge < -0.3 is 9.80 Å². The number of allylic oxidation sites excluding steroid dienone is 2. The standard InChI is InChI=1S/C21H36N2/c1-22(2)12-7-13-23-14-20-18-10-5-3-8-16(18)17-9-4-6-11-19(17)21(20)15-23/h18-21H,3-15H2,1-2H3/t18-,19+,20-,21+. The van der Waals surface area contributed by atoms with E-state index in [9.17, 15) is 0 Å². The van der Waals surface area contributed by atoms with Crippen LogP contribution in [0.3, 0.4) is 0 Å². The molecule has 0 spiro atoms. The van der Waals surface area contributed by atoms with E-state index in [4.69, 9.17) is 0 Å². The Labute approximate surface area is 143 Å². The maximum atomic E-state index is 2.84. The Morgan fingerprint density at radius 1 is 0.870 bits per heavy atom. The van der Waals surface area contributed by atoms with Crippen molar-refractivity contribution in [1.82, 2.24) is 9.80 Å². The third kappa shape index (κ3) is 3.14. The second-order valence-electron chi connectivity index (χ2n) is 9.00. The van der Waals surface area contributed by atoms with Gasteiger partial charge >= 0.3 is 0 Å². The van der Waals surface area contributed by atoms with Crippen LogP contribution in [0.1, 0.15) is 57.8 Å². The third-order valence-corrected chi connectivity index (χ3v) is 7.33. The first kappa shape index (κ1) is 16.1. The van der Waals surface area contributed by atoms with Gasteiger partial charge in [0.2, 0.25) is 0 Å². The first-order chi connectivity index (χ1) is 11.2. The number of hydrogen-bond acceptors (Lipinski definition) is 2. The van der Waals surface area contributed by atoms with Crippen molar-refractivity contribution in [2.45, 2.75) is 57.8 Å². The summed E-state index contributed by atoms with van der Waals surface area (Å²) >= 11 is 0. The van der Waals surface area contributed by atoms with Gasteiger partial charge in [0, 0.05) is 13.1 Å². The SMILES string of the molecule is CN(C)CCCN1C[C@@H]2[C@H](C1)[C@@H]1CCCCC1=C1CCCC[C@@H]12. The van der Waals surface area contributed by atoms with Crippen molar-refractivity contribution < 1.29 is 0 Å². The van der Waals surface area contributed by atoms with Gasteiger partial charge in [-0.05, 0) is 95.8 Å². The number of likely N-dealkylation sites (tertiary alicyclic amines) is 1. The quantitative estimate of drug-likeness (QED) is 0.718. The minimum atomic E-state index is 0.983. The van der Waals surface area contributed by atoms with Crippen LogP contribution in [0, 0.1) is 23.7 Å². The molecule has 2 saturated carbocycles. The summed E-state index contributed by atoms with van der Waals surface area (Å²) in [7, 11) is 4.41. The Morgan fingerprint density at radius 3 is 1.96 bits per heavy atom. The third-order valence-electron chi connectivity index (χ3n) is 7.33. The molecule has 4 aliphatic rings. The highest BCUT2D eigenvalue weighted by molar-refractivity contribution is 5.29. The van der Waals surface area contributed by atoms with E-state index in [1.807, 2.05) is 11.1 Å². The molecule has 2 nitrogen and oxygen atoms in total. The molecule has 4 atom stereocenters. The van der Waals surface area contributed by atoms with Crippen LogP contribution in [-0.2, 0) is 0 Å². The molecule has 130 valence electrons.